The van der Waals surface area contributed by atoms with Crippen LogP contribution in [-0.2, 0) is 0 Å². The smallest absolute Gasteiger partial charge is 0.264 e. The van der Waals surface area contributed by atoms with E-state index in [1.54, 1.807) is 6.07 Å². The Hall–Kier alpha value is -1.87. The molecule has 0 saturated heterocycles. The van der Waals surface area contributed by atoms with E-state index in [0.29, 0.717) is 16.1 Å². The highest BCUT2D eigenvalue weighted by Gasteiger charge is 2.09. The molecular weight excluding hydrogens is 224 g/mol. The molecule has 5 nitrogen and oxygen atoms in total. The van der Waals surface area contributed by atoms with Gasteiger partial charge in [-0.05, 0) is 19.9 Å². The van der Waals surface area contributed by atoms with Crippen LogP contribution in [0.15, 0.2) is 27.1 Å². The lowest BCUT2D eigenvalue weighted by atomic mass is 10.4. The van der Waals surface area contributed by atoms with Crippen molar-refractivity contribution in [2.75, 3.05) is 0 Å². The van der Waals surface area contributed by atoms with Crippen molar-refractivity contribution in [2.45, 2.75) is 24.2 Å². The van der Waals surface area contributed by atoms with E-state index >= 15 is 0 Å². The lowest BCUT2D eigenvalue weighted by Gasteiger charge is -1.94. The Bertz CT molecular complexity index is 539. The van der Waals surface area contributed by atoms with Gasteiger partial charge in [0.15, 0.2) is 5.16 Å². The van der Waals surface area contributed by atoms with Crippen molar-refractivity contribution < 1.29 is 4.42 Å². The van der Waals surface area contributed by atoms with Crippen LogP contribution < -0.4 is 0 Å². The molecule has 0 spiro atoms. The first-order valence-corrected chi connectivity index (χ1v) is 5.35. The quantitative estimate of drug-likeness (QED) is 0.738. The van der Waals surface area contributed by atoms with E-state index < -0.39 is 0 Å². The summed E-state index contributed by atoms with van der Waals surface area (Å²) in [6.45, 7) is 3.72. The summed E-state index contributed by atoms with van der Waals surface area (Å²) in [5.41, 5.74) is 1.18. The minimum atomic E-state index is 0.331. The van der Waals surface area contributed by atoms with Crippen LogP contribution in [0, 0.1) is 25.2 Å². The van der Waals surface area contributed by atoms with Crippen molar-refractivity contribution >= 4 is 11.8 Å². The maximum atomic E-state index is 8.69. The summed E-state index contributed by atoms with van der Waals surface area (Å²) < 4.78 is 5.38. The fraction of sp³-hybridized carbons (Fsp3) is 0.200. The van der Waals surface area contributed by atoms with Crippen LogP contribution in [0.2, 0.25) is 0 Å². The first-order valence-electron chi connectivity index (χ1n) is 4.54. The summed E-state index contributed by atoms with van der Waals surface area (Å²) in [5.74, 6) is 0.777. The predicted molar refractivity (Wildman–Crippen MR) is 56.8 cm³/mol. The van der Waals surface area contributed by atoms with Gasteiger partial charge in [0.25, 0.3) is 5.22 Å². The molecule has 0 amide bonds. The fourth-order valence-electron chi connectivity index (χ4n) is 1.02. The molecule has 0 bridgehead atoms. The third kappa shape index (κ3) is 2.20. The number of aromatic nitrogens is 3. The van der Waals surface area contributed by atoms with Crippen molar-refractivity contribution in [3.05, 3.63) is 29.4 Å². The molecule has 0 aromatic carbocycles. The Morgan fingerprint density at radius 3 is 2.81 bits per heavy atom. The van der Waals surface area contributed by atoms with Gasteiger partial charge in [-0.15, -0.1) is 0 Å². The number of hydrogen-bond donors (Lipinski definition) is 0. The largest absolute Gasteiger partial charge is 0.436 e. The van der Waals surface area contributed by atoms with Crippen molar-refractivity contribution in [1.82, 2.24) is 15.0 Å². The van der Waals surface area contributed by atoms with E-state index in [1.807, 2.05) is 19.9 Å². The van der Waals surface area contributed by atoms with Crippen LogP contribution in [0.25, 0.3) is 0 Å². The lowest BCUT2D eigenvalue weighted by Crippen LogP contribution is -1.88. The molecule has 2 aromatic rings. The number of rotatable bonds is 2. The second-order valence-corrected chi connectivity index (χ2v) is 3.98. The number of nitrogens with zero attached hydrogens (tertiary/aromatic N) is 4. The van der Waals surface area contributed by atoms with E-state index in [9.17, 15) is 0 Å². The van der Waals surface area contributed by atoms with E-state index in [4.69, 9.17) is 9.68 Å². The second kappa shape index (κ2) is 4.33. The van der Waals surface area contributed by atoms with Crippen LogP contribution in [-0.4, -0.2) is 15.0 Å². The maximum absolute atomic E-state index is 8.69. The monoisotopic (exact) mass is 232 g/mol. The Balaban J connectivity index is 2.24. The van der Waals surface area contributed by atoms with E-state index in [2.05, 4.69) is 15.0 Å². The normalized spacial score (nSPS) is 10.1. The van der Waals surface area contributed by atoms with Gasteiger partial charge in [-0.3, -0.25) is 0 Å². The van der Waals surface area contributed by atoms with Gasteiger partial charge in [0.2, 0.25) is 0 Å². The molecule has 0 saturated carbocycles. The zero-order valence-corrected chi connectivity index (χ0v) is 9.58. The van der Waals surface area contributed by atoms with E-state index in [-0.39, 0.29) is 0 Å². The third-order valence-electron chi connectivity index (χ3n) is 1.94. The summed E-state index contributed by atoms with van der Waals surface area (Å²) in [6, 6.07) is 3.51. The van der Waals surface area contributed by atoms with Crippen molar-refractivity contribution in [3.63, 3.8) is 0 Å². The highest BCUT2D eigenvalue weighted by molar-refractivity contribution is 7.98. The topological polar surface area (TPSA) is 75.6 Å². The zero-order chi connectivity index (χ0) is 11.5. The van der Waals surface area contributed by atoms with Gasteiger partial charge < -0.3 is 4.42 Å². The molecule has 2 heterocycles. The summed E-state index contributed by atoms with van der Waals surface area (Å²) in [7, 11) is 0. The molecular formula is C10H8N4OS. The van der Waals surface area contributed by atoms with Gasteiger partial charge in [0, 0.05) is 18.0 Å². The molecule has 0 fully saturated rings. The van der Waals surface area contributed by atoms with E-state index in [0.717, 1.165) is 11.5 Å². The van der Waals surface area contributed by atoms with Crippen molar-refractivity contribution in [1.29, 1.82) is 5.26 Å². The average molecular weight is 232 g/mol. The second-order valence-electron chi connectivity index (χ2n) is 3.06. The first-order chi connectivity index (χ1) is 7.69. The fourth-order valence-corrected chi connectivity index (χ4v) is 1.78. The van der Waals surface area contributed by atoms with Gasteiger partial charge in [0.05, 0.1) is 5.69 Å². The molecule has 16 heavy (non-hydrogen) atoms. The third-order valence-corrected chi connectivity index (χ3v) is 2.66. The molecule has 0 radical (unpaired) electrons. The Labute approximate surface area is 96.6 Å². The molecule has 0 N–H and O–H groups in total. The van der Waals surface area contributed by atoms with Crippen molar-refractivity contribution in [2.24, 2.45) is 0 Å². The van der Waals surface area contributed by atoms with Gasteiger partial charge in [-0.2, -0.15) is 5.26 Å². The SMILES string of the molecule is Cc1nc(Sc2nccc(C#N)n2)oc1C. The molecule has 0 aliphatic rings. The first kappa shape index (κ1) is 10.6. The average Bonchev–Trinajstić information content (AvgIpc) is 2.58. The predicted octanol–water partition coefficient (Wildman–Crippen LogP) is 2.10. The zero-order valence-electron chi connectivity index (χ0n) is 8.76. The van der Waals surface area contributed by atoms with Crippen LogP contribution in [0.4, 0.5) is 0 Å². The highest BCUT2D eigenvalue weighted by Crippen LogP contribution is 2.25. The maximum Gasteiger partial charge on any atom is 0.264 e. The Morgan fingerprint density at radius 2 is 2.19 bits per heavy atom. The molecule has 6 heteroatoms. The van der Waals surface area contributed by atoms with E-state index in [1.165, 1.54) is 18.0 Å². The summed E-state index contributed by atoms with van der Waals surface area (Å²) in [4.78, 5) is 12.2. The van der Waals surface area contributed by atoms with Crippen LogP contribution in [0.3, 0.4) is 0 Å². The highest BCUT2D eigenvalue weighted by atomic mass is 32.2. The molecule has 2 rings (SSSR count). The molecule has 0 aliphatic carbocycles. The van der Waals surface area contributed by atoms with Gasteiger partial charge in [0.1, 0.15) is 17.5 Å². The van der Waals surface area contributed by atoms with Crippen LogP contribution >= 0.6 is 11.8 Å². The molecule has 2 aromatic heterocycles. The number of oxazole rings is 1. The van der Waals surface area contributed by atoms with Crippen LogP contribution in [0.5, 0.6) is 0 Å². The molecule has 0 aliphatic heterocycles. The van der Waals surface area contributed by atoms with Gasteiger partial charge in [-0.25, -0.2) is 15.0 Å². The van der Waals surface area contributed by atoms with Gasteiger partial charge in [-0.1, -0.05) is 0 Å². The minimum absolute atomic E-state index is 0.331. The number of aryl methyl sites for hydroxylation is 2. The van der Waals surface area contributed by atoms with Crippen molar-refractivity contribution in [3.8, 4) is 6.07 Å². The summed E-state index contributed by atoms with van der Waals surface area (Å²) in [6.07, 6.45) is 1.54. The summed E-state index contributed by atoms with van der Waals surface area (Å²) >= 11 is 1.20. The number of hydrogen-bond acceptors (Lipinski definition) is 6. The molecule has 80 valence electrons. The van der Waals surface area contributed by atoms with Crippen LogP contribution in [0.1, 0.15) is 17.1 Å². The van der Waals surface area contributed by atoms with Gasteiger partial charge >= 0.3 is 0 Å². The lowest BCUT2D eigenvalue weighted by molar-refractivity contribution is 0.430. The summed E-state index contributed by atoms with van der Waals surface area (Å²) in [5, 5.41) is 9.64. The molecule has 0 unspecified atom stereocenters. The Kier molecular flexibility index (Phi) is 2.88. The molecule has 0 atom stereocenters. The minimum Gasteiger partial charge on any atom is -0.436 e. The number of nitriles is 1. The standard InChI is InChI=1S/C10H8N4OS/c1-6-7(2)15-10(13-6)16-9-12-4-3-8(5-11)14-9/h3-4H,1-2H3. The Morgan fingerprint density at radius 1 is 1.38 bits per heavy atom.